The van der Waals surface area contributed by atoms with Crippen molar-refractivity contribution in [1.82, 2.24) is 9.80 Å². The van der Waals surface area contributed by atoms with Crippen molar-refractivity contribution in [3.05, 3.63) is 59.7 Å². The van der Waals surface area contributed by atoms with Gasteiger partial charge in [0.2, 0.25) is 0 Å². The third-order valence-corrected chi connectivity index (χ3v) is 5.21. The third-order valence-electron chi connectivity index (χ3n) is 5.21. The van der Waals surface area contributed by atoms with Crippen LogP contribution in [0.4, 0.5) is 0 Å². The first-order valence-electron chi connectivity index (χ1n) is 10.00. The van der Waals surface area contributed by atoms with Gasteiger partial charge in [-0.05, 0) is 36.6 Å². The number of phenols is 1. The van der Waals surface area contributed by atoms with Gasteiger partial charge in [0, 0.05) is 26.2 Å². The maximum absolute atomic E-state index is 12.8. The summed E-state index contributed by atoms with van der Waals surface area (Å²) < 4.78 is 5.98. The Morgan fingerprint density at radius 3 is 2.14 bits per heavy atom. The summed E-state index contributed by atoms with van der Waals surface area (Å²) in [6, 6.07) is 14.3. The highest BCUT2D eigenvalue weighted by molar-refractivity contribution is 5.97. The number of carbonyl (C=O) groups excluding carboxylic acids is 2. The normalized spacial score (nSPS) is 15.3. The molecule has 2 aromatic carbocycles. The molecule has 6 nitrogen and oxygen atoms in total. The van der Waals surface area contributed by atoms with Gasteiger partial charge in [0.25, 0.3) is 11.8 Å². The van der Waals surface area contributed by atoms with Crippen LogP contribution >= 0.6 is 0 Å². The summed E-state index contributed by atoms with van der Waals surface area (Å²) in [4.78, 5) is 28.9. The molecule has 0 bridgehead atoms. The fourth-order valence-electron chi connectivity index (χ4n) is 3.52. The SMILES string of the molecule is CC(Oc1ccccc1C(C)C)C(=O)N1CCN(C(=O)c2ccccc2O)CC1. The predicted molar refractivity (Wildman–Crippen MR) is 111 cm³/mol. The predicted octanol–water partition coefficient (Wildman–Crippen LogP) is 3.27. The standard InChI is InChI=1S/C23H28N2O4/c1-16(2)18-8-5-7-11-21(18)29-17(3)22(27)24-12-14-25(15-13-24)23(28)19-9-4-6-10-20(19)26/h4-11,16-17,26H,12-15H2,1-3H3. The number of hydrogen-bond acceptors (Lipinski definition) is 4. The molecule has 2 amide bonds. The van der Waals surface area contributed by atoms with Gasteiger partial charge in [-0.15, -0.1) is 0 Å². The second kappa shape index (κ2) is 8.99. The zero-order valence-corrected chi connectivity index (χ0v) is 17.2. The Labute approximate surface area is 171 Å². The first kappa shape index (κ1) is 20.7. The fraction of sp³-hybridized carbons (Fsp3) is 0.391. The molecular formula is C23H28N2O4. The summed E-state index contributed by atoms with van der Waals surface area (Å²) in [7, 11) is 0. The van der Waals surface area contributed by atoms with E-state index in [0.717, 1.165) is 11.3 Å². The maximum atomic E-state index is 12.8. The third kappa shape index (κ3) is 4.70. The number of phenolic OH excluding ortho intramolecular Hbond substituents is 1. The molecule has 6 heteroatoms. The van der Waals surface area contributed by atoms with Crippen molar-refractivity contribution < 1.29 is 19.4 Å². The van der Waals surface area contributed by atoms with Crippen molar-refractivity contribution in [3.8, 4) is 11.5 Å². The summed E-state index contributed by atoms with van der Waals surface area (Å²) >= 11 is 0. The van der Waals surface area contributed by atoms with Crippen LogP contribution in [-0.2, 0) is 4.79 Å². The van der Waals surface area contributed by atoms with E-state index in [4.69, 9.17) is 4.74 Å². The van der Waals surface area contributed by atoms with E-state index in [0.29, 0.717) is 32.1 Å². The van der Waals surface area contributed by atoms with E-state index in [1.807, 2.05) is 24.3 Å². The molecule has 1 saturated heterocycles. The fourth-order valence-corrected chi connectivity index (χ4v) is 3.52. The minimum absolute atomic E-state index is 0.0261. The van der Waals surface area contributed by atoms with E-state index < -0.39 is 6.10 Å². The average Bonchev–Trinajstić information content (AvgIpc) is 2.73. The molecule has 0 aliphatic carbocycles. The van der Waals surface area contributed by atoms with Crippen molar-refractivity contribution >= 4 is 11.8 Å². The van der Waals surface area contributed by atoms with Crippen LogP contribution in [0, 0.1) is 0 Å². The number of ether oxygens (including phenoxy) is 1. The van der Waals surface area contributed by atoms with Crippen molar-refractivity contribution in [2.24, 2.45) is 0 Å². The van der Waals surface area contributed by atoms with Gasteiger partial charge in [0.1, 0.15) is 11.5 Å². The van der Waals surface area contributed by atoms with Crippen molar-refractivity contribution in [2.45, 2.75) is 32.8 Å². The molecule has 0 spiro atoms. The Morgan fingerprint density at radius 1 is 0.897 bits per heavy atom. The van der Waals surface area contributed by atoms with Gasteiger partial charge >= 0.3 is 0 Å². The molecule has 1 fully saturated rings. The van der Waals surface area contributed by atoms with E-state index in [2.05, 4.69) is 13.8 Å². The first-order chi connectivity index (χ1) is 13.9. The van der Waals surface area contributed by atoms with E-state index in [1.54, 1.807) is 34.9 Å². The van der Waals surface area contributed by atoms with Gasteiger partial charge in [0.05, 0.1) is 5.56 Å². The highest BCUT2D eigenvalue weighted by atomic mass is 16.5. The number of nitrogens with zero attached hydrogens (tertiary/aromatic N) is 2. The summed E-state index contributed by atoms with van der Waals surface area (Å²) in [5.41, 5.74) is 1.36. The average molecular weight is 396 g/mol. The number of rotatable bonds is 5. The van der Waals surface area contributed by atoms with Crippen molar-refractivity contribution in [2.75, 3.05) is 26.2 Å². The summed E-state index contributed by atoms with van der Waals surface area (Å²) in [6.07, 6.45) is -0.602. The Bertz CT molecular complexity index is 873. The van der Waals surface area contributed by atoms with Crippen LogP contribution in [0.25, 0.3) is 0 Å². The monoisotopic (exact) mass is 396 g/mol. The highest BCUT2D eigenvalue weighted by Crippen LogP contribution is 2.27. The largest absolute Gasteiger partial charge is 0.507 e. The Morgan fingerprint density at radius 2 is 1.48 bits per heavy atom. The lowest BCUT2D eigenvalue weighted by Gasteiger charge is -2.36. The summed E-state index contributed by atoms with van der Waals surface area (Å²) in [5, 5.41) is 9.90. The van der Waals surface area contributed by atoms with Gasteiger partial charge in [0.15, 0.2) is 6.10 Å². The number of aromatic hydroxyl groups is 1. The number of para-hydroxylation sites is 2. The zero-order chi connectivity index (χ0) is 21.0. The van der Waals surface area contributed by atoms with Crippen molar-refractivity contribution in [1.29, 1.82) is 0 Å². The van der Waals surface area contributed by atoms with Crippen LogP contribution in [0.2, 0.25) is 0 Å². The molecule has 1 aliphatic heterocycles. The van der Waals surface area contributed by atoms with E-state index >= 15 is 0 Å². The minimum atomic E-state index is -0.602. The molecule has 0 radical (unpaired) electrons. The van der Waals surface area contributed by atoms with Crippen molar-refractivity contribution in [3.63, 3.8) is 0 Å². The molecule has 1 atom stereocenters. The molecule has 2 aromatic rings. The topological polar surface area (TPSA) is 70.1 Å². The van der Waals surface area contributed by atoms with E-state index in [1.165, 1.54) is 6.07 Å². The molecule has 1 unspecified atom stereocenters. The lowest BCUT2D eigenvalue weighted by Crippen LogP contribution is -2.53. The molecule has 3 rings (SSSR count). The second-order valence-corrected chi connectivity index (χ2v) is 7.59. The number of benzene rings is 2. The molecule has 0 aromatic heterocycles. The van der Waals surface area contributed by atoms with E-state index in [9.17, 15) is 14.7 Å². The van der Waals surface area contributed by atoms with Gasteiger partial charge in [-0.3, -0.25) is 9.59 Å². The van der Waals surface area contributed by atoms with Crippen LogP contribution in [0.15, 0.2) is 48.5 Å². The van der Waals surface area contributed by atoms with Crippen LogP contribution in [0.5, 0.6) is 11.5 Å². The maximum Gasteiger partial charge on any atom is 0.263 e. The Hall–Kier alpha value is -3.02. The first-order valence-corrected chi connectivity index (χ1v) is 10.00. The number of hydrogen-bond donors (Lipinski definition) is 1. The van der Waals surface area contributed by atoms with E-state index in [-0.39, 0.29) is 23.1 Å². The lowest BCUT2D eigenvalue weighted by atomic mass is 10.0. The van der Waals surface area contributed by atoms with Gasteiger partial charge in [-0.1, -0.05) is 44.2 Å². The minimum Gasteiger partial charge on any atom is -0.507 e. The van der Waals surface area contributed by atoms with Crippen LogP contribution in [0.3, 0.4) is 0 Å². The van der Waals surface area contributed by atoms with Gasteiger partial charge in [-0.2, -0.15) is 0 Å². The van der Waals surface area contributed by atoms with Gasteiger partial charge in [-0.25, -0.2) is 0 Å². The van der Waals surface area contributed by atoms with Crippen LogP contribution in [-0.4, -0.2) is 59.0 Å². The van der Waals surface area contributed by atoms with Crippen LogP contribution < -0.4 is 4.74 Å². The second-order valence-electron chi connectivity index (χ2n) is 7.59. The highest BCUT2D eigenvalue weighted by Gasteiger charge is 2.29. The molecule has 0 saturated carbocycles. The molecule has 1 N–H and O–H groups in total. The lowest BCUT2D eigenvalue weighted by molar-refractivity contribution is -0.139. The van der Waals surface area contributed by atoms with Gasteiger partial charge < -0.3 is 19.6 Å². The molecule has 29 heavy (non-hydrogen) atoms. The number of amides is 2. The summed E-state index contributed by atoms with van der Waals surface area (Å²) in [6.45, 7) is 7.68. The molecular weight excluding hydrogens is 368 g/mol. The quantitative estimate of drug-likeness (QED) is 0.842. The Balaban J connectivity index is 1.59. The number of carbonyl (C=O) groups is 2. The number of piperazine rings is 1. The molecule has 1 heterocycles. The zero-order valence-electron chi connectivity index (χ0n) is 17.2. The smallest absolute Gasteiger partial charge is 0.263 e. The van der Waals surface area contributed by atoms with Crippen LogP contribution in [0.1, 0.15) is 42.6 Å². The summed E-state index contributed by atoms with van der Waals surface area (Å²) in [5.74, 6) is 0.708. The molecule has 154 valence electrons. The molecule has 1 aliphatic rings. The Kier molecular flexibility index (Phi) is 6.42.